The van der Waals surface area contributed by atoms with Gasteiger partial charge in [0.1, 0.15) is 5.52 Å². The fourth-order valence-electron chi connectivity index (χ4n) is 1.30. The average Bonchev–Trinajstić information content (AvgIpc) is 2.59. The van der Waals surface area contributed by atoms with Crippen LogP contribution in [0.1, 0.15) is 12.7 Å². The standard InChI is InChI=1S/C8H6ClF3N4/c1-2-16-3-13-6-4(16)5(9)14-7(15-6)8(10,11)12/h3H,2H2,1H3. The van der Waals surface area contributed by atoms with E-state index in [0.29, 0.717) is 12.1 Å². The Morgan fingerprint density at radius 2 is 2.06 bits per heavy atom. The Hall–Kier alpha value is -1.37. The summed E-state index contributed by atoms with van der Waals surface area (Å²) in [5, 5.41) is -0.239. The Kier molecular flexibility index (Phi) is 2.49. The van der Waals surface area contributed by atoms with E-state index < -0.39 is 12.0 Å². The van der Waals surface area contributed by atoms with Crippen molar-refractivity contribution in [2.24, 2.45) is 0 Å². The molecule has 2 heterocycles. The summed E-state index contributed by atoms with van der Waals surface area (Å²) < 4.78 is 38.7. The molecule has 0 unspecified atom stereocenters. The van der Waals surface area contributed by atoms with Crippen LogP contribution in [-0.2, 0) is 12.7 Å². The maximum Gasteiger partial charge on any atom is 0.451 e. The zero-order valence-corrected chi connectivity index (χ0v) is 8.84. The number of fused-ring (bicyclic) bond motifs is 1. The third-order valence-electron chi connectivity index (χ3n) is 2.02. The number of halogens is 4. The number of hydrogen-bond acceptors (Lipinski definition) is 3. The van der Waals surface area contributed by atoms with Gasteiger partial charge in [-0.15, -0.1) is 0 Å². The Morgan fingerprint density at radius 3 is 2.62 bits per heavy atom. The SMILES string of the molecule is CCn1cnc2nc(C(F)(F)F)nc(Cl)c21. The van der Waals surface area contributed by atoms with Crippen molar-refractivity contribution < 1.29 is 13.2 Å². The van der Waals surface area contributed by atoms with Gasteiger partial charge in [-0.1, -0.05) is 11.6 Å². The summed E-state index contributed by atoms with van der Waals surface area (Å²) in [5.74, 6) is -1.27. The van der Waals surface area contributed by atoms with Crippen LogP contribution in [0.15, 0.2) is 6.33 Å². The topological polar surface area (TPSA) is 43.6 Å². The number of alkyl halides is 3. The third kappa shape index (κ3) is 1.71. The van der Waals surface area contributed by atoms with Crippen LogP contribution in [0, 0.1) is 0 Å². The van der Waals surface area contributed by atoms with Crippen LogP contribution in [0.4, 0.5) is 13.2 Å². The second-order valence-corrected chi connectivity index (χ2v) is 3.40. The third-order valence-corrected chi connectivity index (χ3v) is 2.29. The Balaban J connectivity index is 2.70. The molecular formula is C8H6ClF3N4. The lowest BCUT2D eigenvalue weighted by Crippen LogP contribution is -2.11. The molecule has 0 aliphatic heterocycles. The zero-order valence-electron chi connectivity index (χ0n) is 8.09. The molecule has 0 radical (unpaired) electrons. The van der Waals surface area contributed by atoms with Gasteiger partial charge in [-0.25, -0.2) is 15.0 Å². The highest BCUT2D eigenvalue weighted by Gasteiger charge is 2.36. The first-order chi connectivity index (χ1) is 7.43. The van der Waals surface area contributed by atoms with Gasteiger partial charge < -0.3 is 4.57 Å². The molecule has 0 aliphatic carbocycles. The minimum Gasteiger partial charge on any atom is -0.327 e. The van der Waals surface area contributed by atoms with Crippen molar-refractivity contribution in [2.75, 3.05) is 0 Å². The molecule has 0 bridgehead atoms. The quantitative estimate of drug-likeness (QED) is 0.731. The van der Waals surface area contributed by atoms with Crippen molar-refractivity contribution in [3.63, 3.8) is 0 Å². The van der Waals surface area contributed by atoms with Gasteiger partial charge in [-0.2, -0.15) is 13.2 Å². The van der Waals surface area contributed by atoms with Crippen molar-refractivity contribution in [3.8, 4) is 0 Å². The molecule has 16 heavy (non-hydrogen) atoms. The van der Waals surface area contributed by atoms with E-state index in [9.17, 15) is 13.2 Å². The number of aryl methyl sites for hydroxylation is 1. The van der Waals surface area contributed by atoms with E-state index >= 15 is 0 Å². The van der Waals surface area contributed by atoms with Crippen LogP contribution >= 0.6 is 11.6 Å². The lowest BCUT2D eigenvalue weighted by molar-refractivity contribution is -0.144. The molecule has 2 aromatic rings. The maximum atomic E-state index is 12.4. The summed E-state index contributed by atoms with van der Waals surface area (Å²) in [7, 11) is 0. The van der Waals surface area contributed by atoms with E-state index in [1.165, 1.54) is 6.33 Å². The summed E-state index contributed by atoms with van der Waals surface area (Å²) in [6.45, 7) is 2.35. The summed E-state index contributed by atoms with van der Waals surface area (Å²) in [4.78, 5) is 10.3. The normalized spacial score (nSPS) is 12.3. The highest BCUT2D eigenvalue weighted by atomic mass is 35.5. The van der Waals surface area contributed by atoms with Crippen molar-refractivity contribution in [1.82, 2.24) is 19.5 Å². The molecule has 8 heteroatoms. The largest absolute Gasteiger partial charge is 0.451 e. The van der Waals surface area contributed by atoms with Crippen molar-refractivity contribution in [2.45, 2.75) is 19.6 Å². The molecule has 0 N–H and O–H groups in total. The first-order valence-electron chi connectivity index (χ1n) is 4.39. The van der Waals surface area contributed by atoms with E-state index in [-0.39, 0.29) is 10.8 Å². The van der Waals surface area contributed by atoms with E-state index in [4.69, 9.17) is 11.6 Å². The minimum atomic E-state index is -4.62. The van der Waals surface area contributed by atoms with Gasteiger partial charge in [0.15, 0.2) is 10.8 Å². The minimum absolute atomic E-state index is 0.0471. The van der Waals surface area contributed by atoms with Crippen LogP contribution in [-0.4, -0.2) is 19.5 Å². The van der Waals surface area contributed by atoms with Crippen LogP contribution in [0.2, 0.25) is 5.15 Å². The molecule has 2 rings (SSSR count). The monoisotopic (exact) mass is 250 g/mol. The first-order valence-corrected chi connectivity index (χ1v) is 4.77. The van der Waals surface area contributed by atoms with Crippen molar-refractivity contribution >= 4 is 22.8 Å². The van der Waals surface area contributed by atoms with Crippen LogP contribution < -0.4 is 0 Å². The number of aromatic nitrogens is 4. The second-order valence-electron chi connectivity index (χ2n) is 3.04. The second kappa shape index (κ2) is 3.58. The smallest absolute Gasteiger partial charge is 0.327 e. The highest BCUT2D eigenvalue weighted by molar-refractivity contribution is 6.33. The van der Waals surface area contributed by atoms with Gasteiger partial charge in [0.05, 0.1) is 6.33 Å². The van der Waals surface area contributed by atoms with E-state index in [1.54, 1.807) is 4.57 Å². The molecule has 0 atom stereocenters. The van der Waals surface area contributed by atoms with Gasteiger partial charge in [0.2, 0.25) is 5.82 Å². The van der Waals surface area contributed by atoms with E-state index in [1.807, 2.05) is 6.92 Å². The molecule has 0 fully saturated rings. The molecule has 0 aliphatic rings. The molecule has 4 nitrogen and oxygen atoms in total. The fourth-order valence-corrected chi connectivity index (χ4v) is 1.58. The molecule has 0 spiro atoms. The van der Waals surface area contributed by atoms with Gasteiger partial charge in [-0.05, 0) is 6.92 Å². The number of nitrogens with zero attached hydrogens (tertiary/aromatic N) is 4. The van der Waals surface area contributed by atoms with Gasteiger partial charge in [0.25, 0.3) is 0 Å². The highest BCUT2D eigenvalue weighted by Crippen LogP contribution is 2.29. The maximum absolute atomic E-state index is 12.4. The van der Waals surface area contributed by atoms with Gasteiger partial charge in [-0.3, -0.25) is 0 Å². The Labute approximate surface area is 93.1 Å². The van der Waals surface area contributed by atoms with Gasteiger partial charge >= 0.3 is 6.18 Å². The Morgan fingerprint density at radius 1 is 1.38 bits per heavy atom. The predicted molar refractivity (Wildman–Crippen MR) is 51.0 cm³/mol. The number of hydrogen-bond donors (Lipinski definition) is 0. The molecule has 86 valence electrons. The number of rotatable bonds is 1. The van der Waals surface area contributed by atoms with Crippen LogP contribution in [0.25, 0.3) is 11.2 Å². The first kappa shape index (κ1) is 11.1. The predicted octanol–water partition coefficient (Wildman–Crippen LogP) is 2.52. The lowest BCUT2D eigenvalue weighted by atomic mass is 10.5. The van der Waals surface area contributed by atoms with Crippen molar-refractivity contribution in [3.05, 3.63) is 17.3 Å². The summed E-state index contributed by atoms with van der Waals surface area (Å²) in [6.07, 6.45) is -3.24. The average molecular weight is 251 g/mol. The molecule has 0 amide bonds. The van der Waals surface area contributed by atoms with E-state index in [2.05, 4.69) is 15.0 Å². The van der Waals surface area contributed by atoms with E-state index in [0.717, 1.165) is 0 Å². The van der Waals surface area contributed by atoms with Gasteiger partial charge in [0, 0.05) is 6.54 Å². The molecular weight excluding hydrogens is 245 g/mol. The molecule has 2 aromatic heterocycles. The van der Waals surface area contributed by atoms with Crippen molar-refractivity contribution in [1.29, 1.82) is 0 Å². The van der Waals surface area contributed by atoms with Crippen LogP contribution in [0.3, 0.4) is 0 Å². The van der Waals surface area contributed by atoms with Crippen LogP contribution in [0.5, 0.6) is 0 Å². The zero-order chi connectivity index (χ0) is 11.9. The fraction of sp³-hybridized carbons (Fsp3) is 0.375. The summed E-state index contributed by atoms with van der Waals surface area (Å²) in [5.41, 5.74) is 0.270. The lowest BCUT2D eigenvalue weighted by Gasteiger charge is -2.05. The molecule has 0 saturated carbocycles. The molecule has 0 aromatic carbocycles. The Bertz CT molecular complexity index is 534. The summed E-state index contributed by atoms with van der Waals surface area (Å²) in [6, 6.07) is 0. The molecule has 0 saturated heterocycles. The number of imidazole rings is 1. The summed E-state index contributed by atoms with van der Waals surface area (Å²) >= 11 is 5.68.